The highest BCUT2D eigenvalue weighted by Crippen LogP contribution is 2.26. The molecule has 2 heterocycles. The molecule has 0 radical (unpaired) electrons. The molecule has 0 atom stereocenters. The molecular formula is C26H30N4O2. The van der Waals surface area contributed by atoms with E-state index in [9.17, 15) is 9.59 Å². The molecule has 3 aromatic rings. The quantitative estimate of drug-likeness (QED) is 0.594. The molecule has 166 valence electrons. The SMILES string of the molecule is Cc1cccc(C(=O)N2CCC(n3nccc3NC(=O)CCCc3ccccc3)CC2)c1. The van der Waals surface area contributed by atoms with E-state index < -0.39 is 0 Å². The number of nitrogens with one attached hydrogen (secondary N) is 1. The third-order valence-electron chi connectivity index (χ3n) is 6.01. The van der Waals surface area contributed by atoms with E-state index in [4.69, 9.17) is 0 Å². The van der Waals surface area contributed by atoms with E-state index in [2.05, 4.69) is 22.5 Å². The number of nitrogens with zero attached hydrogens (tertiary/aromatic N) is 3. The average Bonchev–Trinajstić information content (AvgIpc) is 3.27. The smallest absolute Gasteiger partial charge is 0.253 e. The number of hydrogen-bond acceptors (Lipinski definition) is 3. The first-order chi connectivity index (χ1) is 15.6. The summed E-state index contributed by atoms with van der Waals surface area (Å²) >= 11 is 0. The Balaban J connectivity index is 1.28. The Morgan fingerprint density at radius 3 is 2.56 bits per heavy atom. The normalized spacial score (nSPS) is 14.3. The zero-order valence-electron chi connectivity index (χ0n) is 18.5. The van der Waals surface area contributed by atoms with Crippen LogP contribution in [0, 0.1) is 6.92 Å². The van der Waals surface area contributed by atoms with Crippen LogP contribution >= 0.6 is 0 Å². The van der Waals surface area contributed by atoms with E-state index in [1.165, 1.54) is 5.56 Å². The summed E-state index contributed by atoms with van der Waals surface area (Å²) in [7, 11) is 0. The maximum Gasteiger partial charge on any atom is 0.253 e. The molecule has 1 saturated heterocycles. The summed E-state index contributed by atoms with van der Waals surface area (Å²) in [6.45, 7) is 3.36. The van der Waals surface area contributed by atoms with Gasteiger partial charge < -0.3 is 10.2 Å². The molecule has 1 N–H and O–H groups in total. The summed E-state index contributed by atoms with van der Waals surface area (Å²) in [5.74, 6) is 0.826. The minimum absolute atomic E-state index is 0.00902. The minimum Gasteiger partial charge on any atom is -0.338 e. The van der Waals surface area contributed by atoms with Crippen molar-refractivity contribution in [1.82, 2.24) is 14.7 Å². The fourth-order valence-electron chi connectivity index (χ4n) is 4.28. The van der Waals surface area contributed by atoms with E-state index in [-0.39, 0.29) is 17.9 Å². The van der Waals surface area contributed by atoms with Crippen LogP contribution in [0.25, 0.3) is 0 Å². The van der Waals surface area contributed by atoms with Gasteiger partial charge in [-0.3, -0.25) is 9.59 Å². The summed E-state index contributed by atoms with van der Waals surface area (Å²) < 4.78 is 1.91. The third-order valence-corrected chi connectivity index (χ3v) is 6.01. The molecule has 1 aromatic heterocycles. The van der Waals surface area contributed by atoms with Crippen LogP contribution in [0.4, 0.5) is 5.82 Å². The lowest BCUT2D eigenvalue weighted by atomic mass is 10.0. The second-order valence-electron chi connectivity index (χ2n) is 8.44. The predicted molar refractivity (Wildman–Crippen MR) is 126 cm³/mol. The van der Waals surface area contributed by atoms with Gasteiger partial charge in [0.05, 0.1) is 12.2 Å². The van der Waals surface area contributed by atoms with Crippen LogP contribution in [0.1, 0.15) is 53.2 Å². The Kier molecular flexibility index (Phi) is 7.00. The van der Waals surface area contributed by atoms with Crippen molar-refractivity contribution in [2.24, 2.45) is 0 Å². The van der Waals surface area contributed by atoms with E-state index in [1.807, 2.05) is 65.0 Å². The van der Waals surface area contributed by atoms with Crippen molar-refractivity contribution in [3.63, 3.8) is 0 Å². The Morgan fingerprint density at radius 2 is 1.81 bits per heavy atom. The van der Waals surface area contributed by atoms with Gasteiger partial charge in [-0.25, -0.2) is 4.68 Å². The molecule has 4 rings (SSSR count). The van der Waals surface area contributed by atoms with Crippen LogP contribution in [-0.2, 0) is 11.2 Å². The average molecular weight is 431 g/mol. The number of rotatable bonds is 7. The molecule has 2 amide bonds. The molecule has 6 nitrogen and oxygen atoms in total. The highest BCUT2D eigenvalue weighted by Gasteiger charge is 2.26. The van der Waals surface area contributed by atoms with Crippen LogP contribution in [0.5, 0.6) is 0 Å². The van der Waals surface area contributed by atoms with Gasteiger partial charge in [-0.1, -0.05) is 48.0 Å². The Bertz CT molecular complexity index is 1050. The van der Waals surface area contributed by atoms with Crippen molar-refractivity contribution in [2.75, 3.05) is 18.4 Å². The summed E-state index contributed by atoms with van der Waals surface area (Å²) in [5, 5.41) is 7.48. The lowest BCUT2D eigenvalue weighted by Crippen LogP contribution is -2.39. The molecule has 1 aliphatic rings. The number of aryl methyl sites for hydroxylation is 2. The molecule has 6 heteroatoms. The first-order valence-electron chi connectivity index (χ1n) is 11.3. The summed E-state index contributed by atoms with van der Waals surface area (Å²) in [6.07, 6.45) is 5.53. The van der Waals surface area contributed by atoms with Crippen LogP contribution in [0.2, 0.25) is 0 Å². The summed E-state index contributed by atoms with van der Waals surface area (Å²) in [5.41, 5.74) is 3.08. The maximum atomic E-state index is 12.8. The van der Waals surface area contributed by atoms with Crippen molar-refractivity contribution >= 4 is 17.6 Å². The van der Waals surface area contributed by atoms with Gasteiger partial charge >= 0.3 is 0 Å². The number of anilines is 1. The highest BCUT2D eigenvalue weighted by molar-refractivity contribution is 5.94. The number of carbonyl (C=O) groups excluding carboxylic acids is 2. The highest BCUT2D eigenvalue weighted by atomic mass is 16.2. The van der Waals surface area contributed by atoms with Gasteiger partial charge in [-0.05, 0) is 50.3 Å². The fourth-order valence-corrected chi connectivity index (χ4v) is 4.28. The lowest BCUT2D eigenvalue weighted by molar-refractivity contribution is -0.116. The number of likely N-dealkylation sites (tertiary alicyclic amines) is 1. The van der Waals surface area contributed by atoms with Gasteiger partial charge in [0.1, 0.15) is 5.82 Å². The zero-order valence-corrected chi connectivity index (χ0v) is 18.5. The molecule has 32 heavy (non-hydrogen) atoms. The van der Waals surface area contributed by atoms with Crippen molar-refractivity contribution in [3.05, 3.63) is 83.6 Å². The maximum absolute atomic E-state index is 12.8. The van der Waals surface area contributed by atoms with E-state index >= 15 is 0 Å². The lowest BCUT2D eigenvalue weighted by Gasteiger charge is -2.33. The second-order valence-corrected chi connectivity index (χ2v) is 8.44. The molecule has 1 aliphatic heterocycles. The van der Waals surface area contributed by atoms with Gasteiger partial charge in [0.2, 0.25) is 5.91 Å². The fraction of sp³-hybridized carbons (Fsp3) is 0.346. The number of amides is 2. The Morgan fingerprint density at radius 1 is 1.03 bits per heavy atom. The van der Waals surface area contributed by atoms with Gasteiger partial charge in [0.25, 0.3) is 5.91 Å². The third kappa shape index (κ3) is 5.44. The summed E-state index contributed by atoms with van der Waals surface area (Å²) in [6, 6.07) is 20.0. The van der Waals surface area contributed by atoms with Gasteiger partial charge in [-0.15, -0.1) is 0 Å². The molecule has 0 aliphatic carbocycles. The molecule has 0 spiro atoms. The zero-order chi connectivity index (χ0) is 22.3. The van der Waals surface area contributed by atoms with E-state index in [0.29, 0.717) is 19.5 Å². The standard InChI is InChI=1S/C26H30N4O2/c1-20-7-5-11-22(19-20)26(32)29-17-14-23(15-18-29)30-24(13-16-27-30)28-25(31)12-6-10-21-8-3-2-4-9-21/h2-5,7-9,11,13,16,19,23H,6,10,12,14-15,17-18H2,1H3,(H,28,31). The number of carbonyl (C=O) groups is 2. The molecule has 0 saturated carbocycles. The molecular weight excluding hydrogens is 400 g/mol. The van der Waals surface area contributed by atoms with Crippen molar-refractivity contribution in [2.45, 2.75) is 45.1 Å². The van der Waals surface area contributed by atoms with Gasteiger partial charge in [-0.2, -0.15) is 5.10 Å². The van der Waals surface area contributed by atoms with E-state index in [0.717, 1.165) is 42.6 Å². The van der Waals surface area contributed by atoms with Crippen molar-refractivity contribution in [1.29, 1.82) is 0 Å². The molecule has 2 aromatic carbocycles. The predicted octanol–water partition coefficient (Wildman–Crippen LogP) is 4.63. The van der Waals surface area contributed by atoms with Crippen LogP contribution in [0.3, 0.4) is 0 Å². The number of aromatic nitrogens is 2. The van der Waals surface area contributed by atoms with Gasteiger partial charge in [0, 0.05) is 31.1 Å². The molecule has 1 fully saturated rings. The first kappa shape index (κ1) is 21.8. The van der Waals surface area contributed by atoms with Crippen LogP contribution in [0.15, 0.2) is 66.9 Å². The van der Waals surface area contributed by atoms with E-state index in [1.54, 1.807) is 6.20 Å². The van der Waals surface area contributed by atoms with Crippen LogP contribution in [-0.4, -0.2) is 39.6 Å². The molecule has 0 unspecified atom stereocenters. The monoisotopic (exact) mass is 430 g/mol. The first-order valence-corrected chi connectivity index (χ1v) is 11.3. The number of piperidine rings is 1. The number of benzene rings is 2. The van der Waals surface area contributed by atoms with Crippen molar-refractivity contribution < 1.29 is 9.59 Å². The van der Waals surface area contributed by atoms with Crippen LogP contribution < -0.4 is 5.32 Å². The van der Waals surface area contributed by atoms with Crippen molar-refractivity contribution in [3.8, 4) is 0 Å². The topological polar surface area (TPSA) is 67.2 Å². The second kappa shape index (κ2) is 10.3. The van der Waals surface area contributed by atoms with Gasteiger partial charge in [0.15, 0.2) is 0 Å². The largest absolute Gasteiger partial charge is 0.338 e. The summed E-state index contributed by atoms with van der Waals surface area (Å²) in [4.78, 5) is 27.2. The number of hydrogen-bond donors (Lipinski definition) is 1. The Labute approximate surface area is 189 Å². The Hall–Kier alpha value is -3.41. The molecule has 0 bridgehead atoms. The minimum atomic E-state index is 0.00902.